The zero-order valence-electron chi connectivity index (χ0n) is 23.3. The molecule has 0 aliphatic carbocycles. The summed E-state index contributed by atoms with van der Waals surface area (Å²) in [5, 5.41) is 0. The molecule has 196 valence electrons. The van der Waals surface area contributed by atoms with Crippen LogP contribution in [-0.2, 0) is 0 Å². The summed E-state index contributed by atoms with van der Waals surface area (Å²) in [5.41, 5.74) is 0. The van der Waals surface area contributed by atoms with Crippen molar-refractivity contribution in [1.29, 1.82) is 0 Å². The Balaban J connectivity index is 0. The van der Waals surface area contributed by atoms with Gasteiger partial charge >= 0.3 is 7.87 Å². The maximum atomic E-state index is 3.00. The van der Waals surface area contributed by atoms with Gasteiger partial charge in [0, 0.05) is 52.4 Å². The summed E-state index contributed by atoms with van der Waals surface area (Å²) in [6.45, 7) is 28.3. The Morgan fingerprint density at radius 2 is 0.656 bits per heavy atom. The Morgan fingerprint density at radius 3 is 0.906 bits per heavy atom. The van der Waals surface area contributed by atoms with Crippen LogP contribution in [0.4, 0.5) is 0 Å². The van der Waals surface area contributed by atoms with Gasteiger partial charge in [0.2, 0.25) is 0 Å². The lowest BCUT2D eigenvalue weighted by molar-refractivity contribution is -0.00000781. The first-order valence-corrected chi connectivity index (χ1v) is 15.6. The molecule has 0 heterocycles. The van der Waals surface area contributed by atoms with Crippen molar-refractivity contribution in [2.24, 2.45) is 0 Å². The van der Waals surface area contributed by atoms with Crippen molar-refractivity contribution in [3.05, 3.63) is 0 Å². The molecule has 0 amide bonds. The number of halogens is 1. The van der Waals surface area contributed by atoms with E-state index in [4.69, 9.17) is 0 Å². The third-order valence-corrected chi connectivity index (χ3v) is 11.9. The first kappa shape index (κ1) is 34.9. The largest absolute Gasteiger partial charge is 1.00 e. The lowest BCUT2D eigenvalue weighted by Gasteiger charge is -2.50. The third-order valence-electron chi connectivity index (χ3n) is 6.75. The highest BCUT2D eigenvalue weighted by molar-refractivity contribution is 7.66. The number of hydrogen-bond donors (Lipinski definition) is 0. The number of nitrogens with zero attached hydrogens (tertiary/aromatic N) is 4. The predicted octanol–water partition coefficient (Wildman–Crippen LogP) is 4.94. The summed E-state index contributed by atoms with van der Waals surface area (Å²) in [7, 11) is -1.71. The first-order valence-electron chi connectivity index (χ1n) is 14.0. The van der Waals surface area contributed by atoms with Crippen LogP contribution in [0.2, 0.25) is 0 Å². The molecular weight excluding hydrogens is 479 g/mol. The average Bonchev–Trinajstić information content (AvgIpc) is 2.79. The second-order valence-corrected chi connectivity index (χ2v) is 12.1. The number of unbranched alkanes of at least 4 members (excludes halogenated alkanes) is 8. The molecule has 0 aliphatic heterocycles. The average molecular weight is 540 g/mol. The quantitative estimate of drug-likeness (QED) is 0.143. The van der Waals surface area contributed by atoms with E-state index in [0.29, 0.717) is 0 Å². The SMILES string of the molecule is CCCCCCCN(CCCCCCC)[P+](N(CC)CC)(N(CC)CC)N(CC)CC.[Br-]. The van der Waals surface area contributed by atoms with Crippen LogP contribution in [-0.4, -0.2) is 71.0 Å². The van der Waals surface area contributed by atoms with Crippen molar-refractivity contribution in [3.63, 3.8) is 0 Å². The third kappa shape index (κ3) is 10.6. The normalized spacial score (nSPS) is 12.4. The lowest BCUT2D eigenvalue weighted by atomic mass is 10.1. The topological polar surface area (TPSA) is 13.0 Å². The standard InChI is InChI=1S/C26H60N4P.BrH/c1-9-17-19-21-23-25-30(26-24-22-20-18-10-2)31(27(11-3)12-4,28(13-5)14-6)29(15-7)16-8;/h9-26H2,1-8H3;1H/q+1;/p-1. The first-order chi connectivity index (χ1) is 15.1. The molecule has 0 aromatic carbocycles. The van der Waals surface area contributed by atoms with E-state index in [1.54, 1.807) is 0 Å². The molecule has 0 N–H and O–H groups in total. The van der Waals surface area contributed by atoms with E-state index in [9.17, 15) is 0 Å². The van der Waals surface area contributed by atoms with Crippen molar-refractivity contribution in [2.75, 3.05) is 52.4 Å². The molecule has 4 nitrogen and oxygen atoms in total. The van der Waals surface area contributed by atoms with Crippen LogP contribution < -0.4 is 17.0 Å². The van der Waals surface area contributed by atoms with Gasteiger partial charge in [0.1, 0.15) is 0 Å². The number of hydrogen-bond acceptors (Lipinski definition) is 4. The molecule has 0 radical (unpaired) electrons. The molecule has 0 spiro atoms. The fourth-order valence-corrected chi connectivity index (χ4v) is 10.3. The van der Waals surface area contributed by atoms with Crippen molar-refractivity contribution >= 4 is 7.87 Å². The second kappa shape index (κ2) is 22.2. The van der Waals surface area contributed by atoms with E-state index in [1.807, 2.05) is 0 Å². The molecule has 0 aliphatic rings. The Morgan fingerprint density at radius 1 is 0.375 bits per heavy atom. The summed E-state index contributed by atoms with van der Waals surface area (Å²) in [5.74, 6) is 0. The minimum atomic E-state index is -1.71. The predicted molar refractivity (Wildman–Crippen MR) is 145 cm³/mol. The van der Waals surface area contributed by atoms with Gasteiger partial charge in [-0.15, -0.1) is 18.7 Å². The molecule has 0 aromatic rings. The van der Waals surface area contributed by atoms with Gasteiger partial charge in [-0.05, 0) is 54.4 Å². The van der Waals surface area contributed by atoms with Crippen LogP contribution in [0.15, 0.2) is 0 Å². The van der Waals surface area contributed by atoms with Crippen LogP contribution >= 0.6 is 7.87 Å². The zero-order valence-corrected chi connectivity index (χ0v) is 25.8. The van der Waals surface area contributed by atoms with E-state index in [-0.39, 0.29) is 17.0 Å². The van der Waals surface area contributed by atoms with Crippen molar-refractivity contribution in [2.45, 2.75) is 120 Å². The minimum absolute atomic E-state index is 0. The maximum Gasteiger partial charge on any atom is 0.308 e. The van der Waals surface area contributed by atoms with Gasteiger partial charge in [-0.3, -0.25) is 0 Å². The van der Waals surface area contributed by atoms with Crippen molar-refractivity contribution in [3.8, 4) is 0 Å². The Kier molecular flexibility index (Phi) is 24.3. The summed E-state index contributed by atoms with van der Waals surface area (Å²) in [4.78, 5) is 0. The van der Waals surface area contributed by atoms with E-state index >= 15 is 0 Å². The zero-order chi connectivity index (χ0) is 23.5. The lowest BCUT2D eigenvalue weighted by Crippen LogP contribution is -3.00. The van der Waals surface area contributed by atoms with E-state index in [1.165, 1.54) is 77.3 Å². The van der Waals surface area contributed by atoms with Gasteiger partial charge in [-0.1, -0.05) is 65.2 Å². The maximum absolute atomic E-state index is 3.00. The molecule has 0 unspecified atom stereocenters. The minimum Gasteiger partial charge on any atom is -1.00 e. The molecule has 0 aromatic heterocycles. The summed E-state index contributed by atoms with van der Waals surface area (Å²) < 4.78 is 11.6. The highest BCUT2D eigenvalue weighted by Gasteiger charge is 2.58. The van der Waals surface area contributed by atoms with Gasteiger partial charge in [-0.2, -0.15) is 0 Å². The summed E-state index contributed by atoms with van der Waals surface area (Å²) in [6.07, 6.45) is 13.7. The van der Waals surface area contributed by atoms with E-state index in [0.717, 1.165) is 39.3 Å². The van der Waals surface area contributed by atoms with E-state index in [2.05, 4.69) is 74.1 Å². The van der Waals surface area contributed by atoms with Crippen LogP contribution in [0, 0.1) is 0 Å². The second-order valence-electron chi connectivity index (χ2n) is 8.74. The van der Waals surface area contributed by atoms with Crippen molar-refractivity contribution < 1.29 is 17.0 Å². The van der Waals surface area contributed by atoms with Crippen LogP contribution in [0.3, 0.4) is 0 Å². The van der Waals surface area contributed by atoms with Crippen LogP contribution in [0.1, 0.15) is 120 Å². The van der Waals surface area contributed by atoms with Gasteiger partial charge < -0.3 is 17.0 Å². The molecule has 0 saturated carbocycles. The highest BCUT2D eigenvalue weighted by Crippen LogP contribution is 2.69. The fraction of sp³-hybridized carbons (Fsp3) is 1.00. The molecular formula is C26H60BrN4P. The van der Waals surface area contributed by atoms with Crippen molar-refractivity contribution in [1.82, 2.24) is 18.7 Å². The molecule has 0 rings (SSSR count). The van der Waals surface area contributed by atoms with Gasteiger partial charge in [0.05, 0.1) is 0 Å². The fourth-order valence-electron chi connectivity index (χ4n) is 5.06. The highest BCUT2D eigenvalue weighted by atomic mass is 79.9. The van der Waals surface area contributed by atoms with E-state index < -0.39 is 7.87 Å². The molecule has 0 fully saturated rings. The molecule has 0 bridgehead atoms. The smallest absolute Gasteiger partial charge is 0.308 e. The van der Waals surface area contributed by atoms with Gasteiger partial charge in [0.15, 0.2) is 0 Å². The Bertz CT molecular complexity index is 343. The monoisotopic (exact) mass is 538 g/mol. The van der Waals surface area contributed by atoms with Gasteiger partial charge in [-0.25, -0.2) is 0 Å². The Labute approximate surface area is 215 Å². The van der Waals surface area contributed by atoms with Gasteiger partial charge in [0.25, 0.3) is 0 Å². The number of rotatable bonds is 22. The molecule has 32 heavy (non-hydrogen) atoms. The summed E-state index contributed by atoms with van der Waals surface area (Å²) >= 11 is 0. The Hall–Kier alpha value is 0.750. The summed E-state index contributed by atoms with van der Waals surface area (Å²) in [6, 6.07) is 0. The van der Waals surface area contributed by atoms with Crippen LogP contribution in [0.25, 0.3) is 0 Å². The molecule has 0 atom stereocenters. The molecule has 6 heteroatoms. The van der Waals surface area contributed by atoms with Crippen LogP contribution in [0.5, 0.6) is 0 Å². The molecule has 0 saturated heterocycles.